The molecule has 0 bridgehead atoms. The number of nitriles is 2. The smallest absolute Gasteiger partial charge is 0.238 e. The Labute approximate surface area is 185 Å². The number of nitrogens with zero attached hydrogens (tertiary/aromatic N) is 2. The van der Waals surface area contributed by atoms with Crippen LogP contribution in [0.5, 0.6) is 0 Å². The van der Waals surface area contributed by atoms with E-state index >= 15 is 0 Å². The summed E-state index contributed by atoms with van der Waals surface area (Å²) in [5.41, 5.74) is 1.35. The fraction of sp³-hybridized carbons (Fsp3) is 0.318. The highest BCUT2D eigenvalue weighted by atomic mass is 32.2. The average molecular weight is 455 g/mol. The van der Waals surface area contributed by atoms with E-state index in [1.165, 1.54) is 23.5 Å². The van der Waals surface area contributed by atoms with Crippen molar-refractivity contribution in [1.82, 2.24) is 0 Å². The number of Topliss-reactive ketones (excluding diaryl/α,β-unsaturated/α-hetero) is 1. The Morgan fingerprint density at radius 2 is 1.77 bits per heavy atom. The SMILES string of the molecule is CC1(C)CC(=O)C(C(c2cccs2)C(C#N)C#N)=C(Nc2ccc(S(N)(=O)=O)cc2)C1. The first-order chi connectivity index (χ1) is 14.6. The lowest BCUT2D eigenvalue weighted by molar-refractivity contribution is -0.118. The molecule has 2 aromatic rings. The highest BCUT2D eigenvalue weighted by molar-refractivity contribution is 7.89. The fourth-order valence-corrected chi connectivity index (χ4v) is 5.22. The first kappa shape index (κ1) is 22.7. The number of carbonyl (C=O) groups excluding carboxylic acids is 1. The second-order valence-corrected chi connectivity index (χ2v) is 10.8. The molecule has 1 aromatic heterocycles. The Hall–Kier alpha value is -2.98. The number of sulfonamides is 1. The standard InChI is InChI=1S/C22H22N4O3S2/c1-22(2)10-17(26-15-5-7-16(8-6-15)31(25,28)29)21(18(27)11-22)20(14(12-23)13-24)19-4-3-9-30-19/h3-9,14,20,26H,10-11H2,1-2H3,(H2,25,28,29). The number of allylic oxidation sites excluding steroid dienone is 2. The van der Waals surface area contributed by atoms with E-state index in [2.05, 4.69) is 5.32 Å². The van der Waals surface area contributed by atoms with E-state index in [-0.39, 0.29) is 16.1 Å². The quantitative estimate of drug-likeness (QED) is 0.679. The van der Waals surface area contributed by atoms with Crippen LogP contribution >= 0.6 is 11.3 Å². The van der Waals surface area contributed by atoms with Crippen molar-refractivity contribution in [2.45, 2.75) is 37.5 Å². The maximum Gasteiger partial charge on any atom is 0.238 e. The summed E-state index contributed by atoms with van der Waals surface area (Å²) in [5.74, 6) is -1.78. The Balaban J connectivity index is 2.13. The van der Waals surface area contributed by atoms with Gasteiger partial charge in [0.25, 0.3) is 0 Å². The number of ketones is 1. The van der Waals surface area contributed by atoms with Gasteiger partial charge in [0.15, 0.2) is 5.78 Å². The second-order valence-electron chi connectivity index (χ2n) is 8.26. The molecule has 160 valence electrons. The lowest BCUT2D eigenvalue weighted by Gasteiger charge is -2.35. The van der Waals surface area contributed by atoms with Crippen LogP contribution in [-0.2, 0) is 14.8 Å². The molecule has 0 spiro atoms. The predicted octanol–water partition coefficient (Wildman–Crippen LogP) is 3.90. The second kappa shape index (κ2) is 8.64. The third-order valence-electron chi connectivity index (χ3n) is 5.17. The third-order valence-corrected chi connectivity index (χ3v) is 7.05. The molecule has 1 aromatic carbocycles. The van der Waals surface area contributed by atoms with Gasteiger partial charge >= 0.3 is 0 Å². The highest BCUT2D eigenvalue weighted by Gasteiger charge is 2.40. The molecule has 9 heteroatoms. The number of primary sulfonamides is 1. The van der Waals surface area contributed by atoms with E-state index in [1.807, 2.05) is 43.5 Å². The summed E-state index contributed by atoms with van der Waals surface area (Å²) in [7, 11) is -3.82. The van der Waals surface area contributed by atoms with Gasteiger partial charge in [0.05, 0.1) is 23.0 Å². The van der Waals surface area contributed by atoms with E-state index in [0.717, 1.165) is 4.88 Å². The Morgan fingerprint density at radius 1 is 1.13 bits per heavy atom. The molecular weight excluding hydrogens is 432 g/mol. The molecule has 3 rings (SSSR count). The largest absolute Gasteiger partial charge is 0.359 e. The van der Waals surface area contributed by atoms with Crippen molar-refractivity contribution in [3.05, 3.63) is 57.9 Å². The van der Waals surface area contributed by atoms with Gasteiger partial charge < -0.3 is 5.32 Å². The molecule has 0 amide bonds. The zero-order valence-corrected chi connectivity index (χ0v) is 18.8. The number of thiophene rings is 1. The van der Waals surface area contributed by atoms with Gasteiger partial charge in [0.1, 0.15) is 5.92 Å². The Kier molecular flexibility index (Phi) is 6.33. The zero-order chi connectivity index (χ0) is 22.8. The molecule has 0 radical (unpaired) electrons. The van der Waals surface area contributed by atoms with Gasteiger partial charge in [-0.3, -0.25) is 4.79 Å². The van der Waals surface area contributed by atoms with Gasteiger partial charge in [-0.2, -0.15) is 10.5 Å². The van der Waals surface area contributed by atoms with E-state index in [1.54, 1.807) is 12.1 Å². The van der Waals surface area contributed by atoms with E-state index < -0.39 is 21.9 Å². The fourth-order valence-electron chi connectivity index (χ4n) is 3.83. The first-order valence-electron chi connectivity index (χ1n) is 9.54. The summed E-state index contributed by atoms with van der Waals surface area (Å²) >= 11 is 1.40. The summed E-state index contributed by atoms with van der Waals surface area (Å²) in [6.07, 6.45) is 0.847. The van der Waals surface area contributed by atoms with Crippen molar-refractivity contribution in [2.24, 2.45) is 16.5 Å². The summed E-state index contributed by atoms with van der Waals surface area (Å²) in [5, 5.41) is 29.5. The first-order valence-corrected chi connectivity index (χ1v) is 12.0. The van der Waals surface area contributed by atoms with E-state index in [9.17, 15) is 23.7 Å². The molecule has 1 aliphatic carbocycles. The molecule has 1 heterocycles. The lowest BCUT2D eigenvalue weighted by Crippen LogP contribution is -2.32. The summed E-state index contributed by atoms with van der Waals surface area (Å²) < 4.78 is 23.0. The van der Waals surface area contributed by atoms with Crippen LogP contribution in [0, 0.1) is 34.0 Å². The van der Waals surface area contributed by atoms with Gasteiger partial charge in [0, 0.05) is 28.3 Å². The van der Waals surface area contributed by atoms with Gasteiger partial charge in [-0.25, -0.2) is 13.6 Å². The highest BCUT2D eigenvalue weighted by Crippen LogP contribution is 2.45. The number of carbonyl (C=O) groups is 1. The molecule has 7 nitrogen and oxygen atoms in total. The van der Waals surface area contributed by atoms with Crippen LogP contribution in [0.25, 0.3) is 0 Å². The molecule has 0 aliphatic heterocycles. The summed E-state index contributed by atoms with van der Waals surface area (Å²) in [6.45, 7) is 3.97. The van der Waals surface area contributed by atoms with Crippen LogP contribution in [0.3, 0.4) is 0 Å². The molecular formula is C22H22N4O3S2. The van der Waals surface area contributed by atoms with Crippen molar-refractivity contribution in [3.8, 4) is 12.1 Å². The minimum absolute atomic E-state index is 0.0159. The minimum atomic E-state index is -3.82. The zero-order valence-electron chi connectivity index (χ0n) is 17.1. The Bertz CT molecular complexity index is 1180. The third kappa shape index (κ3) is 5.02. The molecule has 0 saturated carbocycles. The normalized spacial score (nSPS) is 17.2. The van der Waals surface area contributed by atoms with Crippen molar-refractivity contribution < 1.29 is 13.2 Å². The molecule has 1 unspecified atom stereocenters. The number of rotatable bonds is 6. The predicted molar refractivity (Wildman–Crippen MR) is 118 cm³/mol. The van der Waals surface area contributed by atoms with Gasteiger partial charge in [-0.15, -0.1) is 11.3 Å². The van der Waals surface area contributed by atoms with Crippen LogP contribution in [0.15, 0.2) is 57.9 Å². The molecule has 1 aliphatic rings. The van der Waals surface area contributed by atoms with E-state index in [4.69, 9.17) is 5.14 Å². The van der Waals surface area contributed by atoms with Crippen molar-refractivity contribution in [1.29, 1.82) is 10.5 Å². The molecule has 1 atom stereocenters. The van der Waals surface area contributed by atoms with Gasteiger partial charge in [-0.1, -0.05) is 19.9 Å². The molecule has 3 N–H and O–H groups in total. The maximum absolute atomic E-state index is 13.3. The summed E-state index contributed by atoms with van der Waals surface area (Å²) in [6, 6.07) is 13.7. The van der Waals surface area contributed by atoms with Crippen molar-refractivity contribution >= 4 is 32.8 Å². The number of hydrogen-bond donors (Lipinski definition) is 2. The maximum atomic E-state index is 13.3. The van der Waals surface area contributed by atoms with Crippen LogP contribution < -0.4 is 10.5 Å². The molecule has 0 saturated heterocycles. The topological polar surface area (TPSA) is 137 Å². The summed E-state index contributed by atoms with van der Waals surface area (Å²) in [4.78, 5) is 14.0. The lowest BCUT2D eigenvalue weighted by atomic mass is 9.70. The van der Waals surface area contributed by atoms with Crippen molar-refractivity contribution in [3.63, 3.8) is 0 Å². The minimum Gasteiger partial charge on any atom is -0.359 e. The average Bonchev–Trinajstić information content (AvgIpc) is 3.20. The number of hydrogen-bond acceptors (Lipinski definition) is 7. The van der Waals surface area contributed by atoms with Crippen LogP contribution in [-0.4, -0.2) is 14.2 Å². The Morgan fingerprint density at radius 3 is 2.29 bits per heavy atom. The van der Waals surface area contributed by atoms with Crippen LogP contribution in [0.2, 0.25) is 0 Å². The van der Waals surface area contributed by atoms with Crippen molar-refractivity contribution in [2.75, 3.05) is 5.32 Å². The van der Waals surface area contributed by atoms with Gasteiger partial charge in [0.2, 0.25) is 10.0 Å². The van der Waals surface area contributed by atoms with Gasteiger partial charge in [-0.05, 0) is 47.5 Å². The number of nitrogens with one attached hydrogen (secondary N) is 1. The van der Waals surface area contributed by atoms with Crippen LogP contribution in [0.4, 0.5) is 5.69 Å². The monoisotopic (exact) mass is 454 g/mol. The number of nitrogens with two attached hydrogens (primary N) is 1. The molecule has 0 fully saturated rings. The van der Waals surface area contributed by atoms with E-state index in [0.29, 0.717) is 29.8 Å². The molecule has 31 heavy (non-hydrogen) atoms. The number of benzene rings is 1. The van der Waals surface area contributed by atoms with Crippen LogP contribution in [0.1, 0.15) is 37.5 Å². The number of anilines is 1.